The topological polar surface area (TPSA) is 142 Å². The van der Waals surface area contributed by atoms with Gasteiger partial charge in [0.05, 0.1) is 17.5 Å². The fraction of sp³-hybridized carbons (Fsp3) is 0.0800. The van der Waals surface area contributed by atoms with Crippen molar-refractivity contribution in [3.05, 3.63) is 84.6 Å². The molecule has 176 valence electrons. The molecule has 0 bridgehead atoms. The summed E-state index contributed by atoms with van der Waals surface area (Å²) >= 11 is 0. The Hall–Kier alpha value is -4.28. The lowest BCUT2D eigenvalue weighted by Gasteiger charge is -2.11. The summed E-state index contributed by atoms with van der Waals surface area (Å²) in [7, 11) is -3.40. The van der Waals surface area contributed by atoms with Crippen molar-refractivity contribution in [3.63, 3.8) is 0 Å². The van der Waals surface area contributed by atoms with E-state index in [4.69, 9.17) is 21.4 Å². The second-order valence-electron chi connectivity index (χ2n) is 8.07. The zero-order chi connectivity index (χ0) is 24.6. The maximum absolute atomic E-state index is 11.7. The number of nitrogens with two attached hydrogens (primary N) is 2. The van der Waals surface area contributed by atoms with Crippen LogP contribution in [-0.4, -0.2) is 34.2 Å². The zero-order valence-electron chi connectivity index (χ0n) is 18.9. The molecule has 5 rings (SSSR count). The van der Waals surface area contributed by atoms with Gasteiger partial charge in [0.2, 0.25) is 10.0 Å². The predicted octanol–water partition coefficient (Wildman–Crippen LogP) is 3.56. The third kappa shape index (κ3) is 4.57. The van der Waals surface area contributed by atoms with Crippen molar-refractivity contribution in [2.45, 2.75) is 6.54 Å². The Morgan fingerprint density at radius 3 is 2.49 bits per heavy atom. The molecule has 5 N–H and O–H groups in total. The van der Waals surface area contributed by atoms with E-state index in [2.05, 4.69) is 9.71 Å². The molecule has 3 aromatic heterocycles. The summed E-state index contributed by atoms with van der Waals surface area (Å²) in [4.78, 5) is 14.0. The molecule has 0 saturated carbocycles. The first-order chi connectivity index (χ1) is 16.8. The van der Waals surface area contributed by atoms with Crippen molar-refractivity contribution in [1.82, 2.24) is 19.5 Å². The lowest BCUT2D eigenvalue weighted by molar-refractivity contribution is 0.607. The first-order valence-electron chi connectivity index (χ1n) is 10.8. The molecular formula is C25H23N7O2S. The van der Waals surface area contributed by atoms with E-state index in [-0.39, 0.29) is 0 Å². The van der Waals surface area contributed by atoms with Gasteiger partial charge in [-0.2, -0.15) is 0 Å². The van der Waals surface area contributed by atoms with Crippen molar-refractivity contribution in [2.75, 3.05) is 16.7 Å². The number of anilines is 2. The molecular weight excluding hydrogens is 462 g/mol. The van der Waals surface area contributed by atoms with Gasteiger partial charge in [-0.1, -0.05) is 24.3 Å². The summed E-state index contributed by atoms with van der Waals surface area (Å²) in [5.41, 5.74) is 17.7. The Labute approximate surface area is 202 Å². The molecule has 2 aromatic carbocycles. The Balaban J connectivity index is 1.72. The first-order valence-corrected chi connectivity index (χ1v) is 12.7. The molecule has 9 nitrogen and oxygen atoms in total. The van der Waals surface area contributed by atoms with Gasteiger partial charge in [0.25, 0.3) is 0 Å². The number of nitrogen functional groups attached to an aromatic ring is 1. The standard InChI is InChI=1S/C25H23N7O2S/c1-35(33,34)31-18-5-2-4-17(14-18)21-11-12-22-25(29-21)32(19-9-7-16(15-26)8-10-19)24(30-22)20-6-3-13-28-23(20)27/h2-14,31H,15,26H2,1H3,(H2,27,28). The molecule has 0 spiro atoms. The molecule has 3 heterocycles. The van der Waals surface area contributed by atoms with Gasteiger partial charge in [-0.15, -0.1) is 0 Å². The van der Waals surface area contributed by atoms with Gasteiger partial charge in [-0.3, -0.25) is 9.29 Å². The number of imidazole rings is 1. The minimum absolute atomic E-state index is 0.363. The van der Waals surface area contributed by atoms with E-state index in [9.17, 15) is 8.42 Å². The molecule has 0 unspecified atom stereocenters. The first kappa shape index (κ1) is 22.5. The number of pyridine rings is 2. The average molecular weight is 486 g/mol. The molecule has 0 atom stereocenters. The normalized spacial score (nSPS) is 11.6. The number of fused-ring (bicyclic) bond motifs is 1. The third-order valence-electron chi connectivity index (χ3n) is 5.48. The van der Waals surface area contributed by atoms with Crippen molar-refractivity contribution in [3.8, 4) is 28.3 Å². The SMILES string of the molecule is CS(=O)(=O)Nc1cccc(-c2ccc3nc(-c4cccnc4N)n(-c4ccc(CN)cc4)c3n2)c1. The Morgan fingerprint density at radius 1 is 0.971 bits per heavy atom. The van der Waals surface area contributed by atoms with Crippen LogP contribution in [-0.2, 0) is 16.6 Å². The van der Waals surface area contributed by atoms with Gasteiger partial charge in [0, 0.05) is 29.7 Å². The predicted molar refractivity (Wildman–Crippen MR) is 138 cm³/mol. The van der Waals surface area contributed by atoms with Crippen LogP contribution in [0.4, 0.5) is 11.5 Å². The molecule has 0 amide bonds. The number of rotatable bonds is 6. The van der Waals surface area contributed by atoms with Gasteiger partial charge in [-0.05, 0) is 54.1 Å². The van der Waals surface area contributed by atoms with Gasteiger partial charge < -0.3 is 11.5 Å². The highest BCUT2D eigenvalue weighted by molar-refractivity contribution is 7.92. The smallest absolute Gasteiger partial charge is 0.229 e. The fourth-order valence-corrected chi connectivity index (χ4v) is 4.44. The minimum Gasteiger partial charge on any atom is -0.383 e. The molecule has 5 aromatic rings. The van der Waals surface area contributed by atoms with Crippen LogP contribution in [0.1, 0.15) is 5.56 Å². The second kappa shape index (κ2) is 8.82. The van der Waals surface area contributed by atoms with E-state index in [1.54, 1.807) is 24.4 Å². The highest BCUT2D eigenvalue weighted by atomic mass is 32.2. The summed E-state index contributed by atoms with van der Waals surface area (Å²) in [6, 6.07) is 22.3. The van der Waals surface area contributed by atoms with Crippen LogP contribution in [0.15, 0.2) is 79.0 Å². The molecule has 0 radical (unpaired) electrons. The molecule has 35 heavy (non-hydrogen) atoms. The largest absolute Gasteiger partial charge is 0.383 e. The van der Waals surface area contributed by atoms with E-state index in [1.165, 1.54) is 0 Å². The van der Waals surface area contributed by atoms with Crippen LogP contribution in [0, 0.1) is 0 Å². The van der Waals surface area contributed by atoms with Crippen LogP contribution in [0.5, 0.6) is 0 Å². The molecule has 0 aliphatic rings. The van der Waals surface area contributed by atoms with Gasteiger partial charge in [0.15, 0.2) is 11.5 Å². The van der Waals surface area contributed by atoms with Crippen molar-refractivity contribution < 1.29 is 8.42 Å². The van der Waals surface area contributed by atoms with E-state index in [0.717, 1.165) is 23.1 Å². The number of nitrogens with zero attached hydrogens (tertiary/aromatic N) is 4. The number of benzene rings is 2. The number of nitrogens with one attached hydrogen (secondary N) is 1. The lowest BCUT2D eigenvalue weighted by atomic mass is 10.1. The van der Waals surface area contributed by atoms with E-state index in [0.29, 0.717) is 46.3 Å². The average Bonchev–Trinajstić information content (AvgIpc) is 3.22. The highest BCUT2D eigenvalue weighted by Gasteiger charge is 2.19. The maximum Gasteiger partial charge on any atom is 0.229 e. The molecule has 0 saturated heterocycles. The second-order valence-corrected chi connectivity index (χ2v) is 9.82. The molecule has 0 fully saturated rings. The van der Waals surface area contributed by atoms with Crippen molar-refractivity contribution in [1.29, 1.82) is 0 Å². The summed E-state index contributed by atoms with van der Waals surface area (Å²) < 4.78 is 27.8. The minimum atomic E-state index is -3.40. The highest BCUT2D eigenvalue weighted by Crippen LogP contribution is 2.32. The van der Waals surface area contributed by atoms with Crippen molar-refractivity contribution in [2.24, 2.45) is 5.73 Å². The third-order valence-corrected chi connectivity index (χ3v) is 6.08. The molecule has 10 heteroatoms. The van der Waals surface area contributed by atoms with Crippen LogP contribution in [0.2, 0.25) is 0 Å². The molecule has 0 aliphatic carbocycles. The van der Waals surface area contributed by atoms with Crippen LogP contribution in [0.3, 0.4) is 0 Å². The van der Waals surface area contributed by atoms with Crippen LogP contribution < -0.4 is 16.2 Å². The van der Waals surface area contributed by atoms with E-state index in [1.807, 2.05) is 59.2 Å². The Bertz CT molecular complexity index is 1640. The van der Waals surface area contributed by atoms with Crippen molar-refractivity contribution >= 4 is 32.7 Å². The van der Waals surface area contributed by atoms with E-state index >= 15 is 0 Å². The Morgan fingerprint density at radius 2 is 1.77 bits per heavy atom. The van der Waals surface area contributed by atoms with E-state index < -0.39 is 10.0 Å². The summed E-state index contributed by atoms with van der Waals surface area (Å²) in [5.74, 6) is 0.977. The van der Waals surface area contributed by atoms with Crippen LogP contribution in [0.25, 0.3) is 39.5 Å². The number of hydrogen-bond acceptors (Lipinski definition) is 7. The fourth-order valence-electron chi connectivity index (χ4n) is 3.89. The molecule has 0 aliphatic heterocycles. The summed E-state index contributed by atoms with van der Waals surface area (Å²) in [6.07, 6.45) is 2.75. The van der Waals surface area contributed by atoms with Crippen LogP contribution >= 0.6 is 0 Å². The monoisotopic (exact) mass is 485 g/mol. The summed E-state index contributed by atoms with van der Waals surface area (Å²) in [5, 5.41) is 0. The maximum atomic E-state index is 11.7. The lowest BCUT2D eigenvalue weighted by Crippen LogP contribution is -2.09. The summed E-state index contributed by atoms with van der Waals surface area (Å²) in [6.45, 7) is 0.438. The number of sulfonamides is 1. The number of aromatic nitrogens is 4. The zero-order valence-corrected chi connectivity index (χ0v) is 19.7. The quantitative estimate of drug-likeness (QED) is 0.334. The van der Waals surface area contributed by atoms with Gasteiger partial charge in [0.1, 0.15) is 11.3 Å². The van der Waals surface area contributed by atoms with Gasteiger partial charge >= 0.3 is 0 Å². The number of hydrogen-bond donors (Lipinski definition) is 3. The van der Waals surface area contributed by atoms with Gasteiger partial charge in [-0.25, -0.2) is 23.4 Å². The Kier molecular flexibility index (Phi) is 5.67.